The fraction of sp³-hybridized carbons (Fsp3) is 0.469. The Balaban J connectivity index is 1.21. The summed E-state index contributed by atoms with van der Waals surface area (Å²) >= 11 is 0. The first-order valence-electron chi connectivity index (χ1n) is 14.1. The highest BCUT2D eigenvalue weighted by Gasteiger charge is 2.24. The van der Waals surface area contributed by atoms with Crippen LogP contribution < -0.4 is 10.5 Å². The second-order valence-electron chi connectivity index (χ2n) is 11.2. The molecule has 0 amide bonds. The van der Waals surface area contributed by atoms with Crippen LogP contribution in [-0.4, -0.2) is 74.0 Å². The molecule has 0 unspecified atom stereocenters. The number of hydrogen-bond acceptors (Lipinski definition) is 8. The summed E-state index contributed by atoms with van der Waals surface area (Å²) in [6.07, 6.45) is 2.02. The number of rotatable bonds is 17. The van der Waals surface area contributed by atoms with E-state index in [9.17, 15) is 14.4 Å². The van der Waals surface area contributed by atoms with Crippen LogP contribution in [0.2, 0.25) is 0 Å². The average Bonchev–Trinajstić information content (AvgIpc) is 3.35. The van der Waals surface area contributed by atoms with Crippen molar-refractivity contribution in [2.24, 2.45) is 5.41 Å². The normalized spacial score (nSPS) is 11.6. The van der Waals surface area contributed by atoms with Gasteiger partial charge in [-0.15, -0.1) is 0 Å². The maximum absolute atomic E-state index is 12.5. The van der Waals surface area contributed by atoms with Gasteiger partial charge in [0.05, 0.1) is 12.3 Å². The van der Waals surface area contributed by atoms with Crippen molar-refractivity contribution in [3.05, 3.63) is 59.8 Å². The molecule has 0 saturated carbocycles. The molecule has 9 nitrogen and oxygen atoms in total. The molecule has 0 spiro atoms. The number of anilines is 1. The van der Waals surface area contributed by atoms with Crippen LogP contribution in [0.25, 0.3) is 10.9 Å². The van der Waals surface area contributed by atoms with E-state index in [1.165, 1.54) is 0 Å². The number of ether oxygens (including phenoxy) is 3. The summed E-state index contributed by atoms with van der Waals surface area (Å²) in [6, 6.07) is 14.5. The van der Waals surface area contributed by atoms with Crippen LogP contribution in [0.15, 0.2) is 48.5 Å². The Kier molecular flexibility index (Phi) is 11.9. The van der Waals surface area contributed by atoms with Gasteiger partial charge in [0.15, 0.2) is 11.6 Å². The quantitative estimate of drug-likeness (QED) is 0.0979. The third-order valence-electron chi connectivity index (χ3n) is 6.60. The zero-order valence-corrected chi connectivity index (χ0v) is 24.7. The van der Waals surface area contributed by atoms with Gasteiger partial charge in [0.25, 0.3) is 0 Å². The molecule has 0 aliphatic carbocycles. The van der Waals surface area contributed by atoms with E-state index in [2.05, 4.69) is 9.88 Å². The molecule has 222 valence electrons. The molecule has 9 heteroatoms. The molecular formula is C32H43N3O6. The SMILES string of the molecule is CN(CCCC(=O)OCCOCCCC(=O)c1ccc(N)cc1)CCOc1ccc2[nH]c(C(=O)C(C)(C)C)cc2c1. The van der Waals surface area contributed by atoms with Crippen LogP contribution in [0.3, 0.4) is 0 Å². The molecule has 0 saturated heterocycles. The minimum Gasteiger partial charge on any atom is -0.492 e. The molecule has 0 atom stereocenters. The van der Waals surface area contributed by atoms with E-state index >= 15 is 0 Å². The van der Waals surface area contributed by atoms with Crippen molar-refractivity contribution in [2.45, 2.75) is 46.5 Å². The van der Waals surface area contributed by atoms with E-state index < -0.39 is 5.41 Å². The fourth-order valence-corrected chi connectivity index (χ4v) is 4.19. The number of likely N-dealkylation sites (N-methyl/N-ethyl adjacent to an activating group) is 1. The number of hydrogen-bond donors (Lipinski definition) is 2. The van der Waals surface area contributed by atoms with E-state index in [0.717, 1.165) is 23.2 Å². The summed E-state index contributed by atoms with van der Waals surface area (Å²) in [6.45, 7) is 8.62. The monoisotopic (exact) mass is 565 g/mol. The number of fused-ring (bicyclic) bond motifs is 1. The van der Waals surface area contributed by atoms with Crippen LogP contribution in [0.5, 0.6) is 5.75 Å². The molecule has 3 aromatic rings. The highest BCUT2D eigenvalue weighted by Crippen LogP contribution is 2.26. The zero-order valence-electron chi connectivity index (χ0n) is 24.7. The molecule has 41 heavy (non-hydrogen) atoms. The molecule has 1 heterocycles. The fourth-order valence-electron chi connectivity index (χ4n) is 4.19. The molecule has 0 aliphatic heterocycles. The van der Waals surface area contributed by atoms with Crippen LogP contribution >= 0.6 is 0 Å². The van der Waals surface area contributed by atoms with Gasteiger partial charge in [-0.3, -0.25) is 14.4 Å². The number of nitrogen functional groups attached to an aromatic ring is 1. The van der Waals surface area contributed by atoms with Gasteiger partial charge in [0.2, 0.25) is 0 Å². The number of carbonyl (C=O) groups is 3. The number of H-pyrrole nitrogens is 1. The van der Waals surface area contributed by atoms with Gasteiger partial charge in [-0.25, -0.2) is 0 Å². The number of nitrogens with two attached hydrogens (primary N) is 1. The number of carbonyl (C=O) groups excluding carboxylic acids is 3. The van der Waals surface area contributed by atoms with Gasteiger partial charge in [-0.2, -0.15) is 0 Å². The Labute approximate surface area is 242 Å². The van der Waals surface area contributed by atoms with Crippen LogP contribution in [-0.2, 0) is 14.3 Å². The smallest absolute Gasteiger partial charge is 0.305 e. The number of Topliss-reactive ketones (excluding diaryl/α,β-unsaturated/α-hetero) is 2. The maximum atomic E-state index is 12.5. The number of esters is 1. The number of aromatic nitrogens is 1. The van der Waals surface area contributed by atoms with Crippen molar-refractivity contribution in [3.8, 4) is 5.75 Å². The van der Waals surface area contributed by atoms with Gasteiger partial charge in [-0.1, -0.05) is 20.8 Å². The highest BCUT2D eigenvalue weighted by molar-refractivity contribution is 6.02. The van der Waals surface area contributed by atoms with Gasteiger partial charge in [-0.05, 0) is 75.0 Å². The number of nitrogens with zero attached hydrogens (tertiary/aromatic N) is 1. The Morgan fingerprint density at radius 3 is 2.37 bits per heavy atom. The number of aromatic amines is 1. The summed E-state index contributed by atoms with van der Waals surface area (Å²) in [5.41, 5.74) is 7.98. The Hall–Kier alpha value is -3.69. The molecule has 1 aromatic heterocycles. The van der Waals surface area contributed by atoms with Crippen molar-refractivity contribution in [1.29, 1.82) is 0 Å². The maximum Gasteiger partial charge on any atom is 0.305 e. The van der Waals surface area contributed by atoms with E-state index in [0.29, 0.717) is 69.0 Å². The van der Waals surface area contributed by atoms with Gasteiger partial charge >= 0.3 is 5.97 Å². The highest BCUT2D eigenvalue weighted by atomic mass is 16.6. The van der Waals surface area contributed by atoms with Crippen molar-refractivity contribution >= 4 is 34.1 Å². The van der Waals surface area contributed by atoms with Crippen molar-refractivity contribution in [2.75, 3.05) is 52.3 Å². The molecule has 0 aliphatic rings. The molecule has 3 N–H and O–H groups in total. The number of nitrogens with one attached hydrogen (secondary N) is 1. The largest absolute Gasteiger partial charge is 0.492 e. The lowest BCUT2D eigenvalue weighted by Gasteiger charge is -2.16. The third kappa shape index (κ3) is 10.7. The standard InChI is InChI=1S/C32H43N3O6/c1-32(2,3)31(38)28-22-24-21-26(13-14-27(24)34-28)40-18-16-35(4)15-5-8-30(37)41-20-19-39-17-6-7-29(36)23-9-11-25(33)12-10-23/h9-14,21-22,34H,5-8,15-20,33H2,1-4H3. The number of benzene rings is 2. The average molecular weight is 566 g/mol. The number of ketones is 2. The zero-order chi connectivity index (χ0) is 29.8. The molecule has 2 aromatic carbocycles. The van der Waals surface area contributed by atoms with Gasteiger partial charge < -0.3 is 29.8 Å². The summed E-state index contributed by atoms with van der Waals surface area (Å²) in [4.78, 5) is 41.9. The lowest BCUT2D eigenvalue weighted by molar-refractivity contribution is -0.145. The molecule has 3 rings (SSSR count). The van der Waals surface area contributed by atoms with E-state index in [1.807, 2.05) is 52.1 Å². The lowest BCUT2D eigenvalue weighted by Crippen LogP contribution is -2.26. The van der Waals surface area contributed by atoms with Crippen molar-refractivity contribution in [1.82, 2.24) is 9.88 Å². The van der Waals surface area contributed by atoms with Crippen molar-refractivity contribution < 1.29 is 28.6 Å². The second kappa shape index (κ2) is 15.3. The van der Waals surface area contributed by atoms with Gasteiger partial charge in [0.1, 0.15) is 19.0 Å². The van der Waals surface area contributed by atoms with Crippen LogP contribution in [0, 0.1) is 5.41 Å². The predicted octanol–water partition coefficient (Wildman–Crippen LogP) is 5.29. The summed E-state index contributed by atoms with van der Waals surface area (Å²) in [5.74, 6) is 0.629. The van der Waals surface area contributed by atoms with E-state index in [4.69, 9.17) is 19.9 Å². The van der Waals surface area contributed by atoms with Gasteiger partial charge in [0, 0.05) is 53.6 Å². The lowest BCUT2D eigenvalue weighted by atomic mass is 9.89. The first-order valence-corrected chi connectivity index (χ1v) is 14.1. The molecular weight excluding hydrogens is 522 g/mol. The summed E-state index contributed by atoms with van der Waals surface area (Å²) in [5, 5.41) is 0.942. The Morgan fingerprint density at radius 1 is 0.878 bits per heavy atom. The van der Waals surface area contributed by atoms with Crippen molar-refractivity contribution in [3.63, 3.8) is 0 Å². The minimum atomic E-state index is -0.445. The Morgan fingerprint density at radius 2 is 1.63 bits per heavy atom. The van der Waals surface area contributed by atoms with E-state index in [-0.39, 0.29) is 24.1 Å². The third-order valence-corrected chi connectivity index (χ3v) is 6.60. The summed E-state index contributed by atoms with van der Waals surface area (Å²) in [7, 11) is 1.99. The molecule has 0 bridgehead atoms. The van der Waals surface area contributed by atoms with E-state index in [1.54, 1.807) is 24.3 Å². The topological polar surface area (TPSA) is 124 Å². The Bertz CT molecular complexity index is 1290. The second-order valence-corrected chi connectivity index (χ2v) is 11.2. The molecule has 0 fully saturated rings. The van der Waals surface area contributed by atoms with Crippen LogP contribution in [0.1, 0.15) is 67.3 Å². The first kappa shape index (κ1) is 31.8. The molecule has 0 radical (unpaired) electrons. The predicted molar refractivity (Wildman–Crippen MR) is 161 cm³/mol. The first-order chi connectivity index (χ1) is 19.5. The summed E-state index contributed by atoms with van der Waals surface area (Å²) < 4.78 is 16.6. The minimum absolute atomic E-state index is 0.0543. The van der Waals surface area contributed by atoms with Crippen LogP contribution in [0.4, 0.5) is 5.69 Å².